The van der Waals surface area contributed by atoms with Gasteiger partial charge in [0, 0.05) is 18.0 Å². The number of rotatable bonds is 4. The molecule has 0 amide bonds. The molecule has 1 N–H and O–H groups in total. The Morgan fingerprint density at radius 3 is 2.83 bits per heavy atom. The predicted molar refractivity (Wildman–Crippen MR) is 73.9 cm³/mol. The highest BCUT2D eigenvalue weighted by atomic mass is 16.5. The number of para-hydroxylation sites is 1. The van der Waals surface area contributed by atoms with E-state index in [1.54, 1.807) is 0 Å². The summed E-state index contributed by atoms with van der Waals surface area (Å²) in [5.41, 5.74) is 1.35. The Hall–Kier alpha value is -1.02. The molecule has 18 heavy (non-hydrogen) atoms. The van der Waals surface area contributed by atoms with Crippen molar-refractivity contribution in [3.05, 3.63) is 29.8 Å². The summed E-state index contributed by atoms with van der Waals surface area (Å²) in [6, 6.07) is 9.02. The van der Waals surface area contributed by atoms with Gasteiger partial charge in [-0.05, 0) is 37.8 Å². The van der Waals surface area contributed by atoms with Gasteiger partial charge in [-0.25, -0.2) is 0 Å². The van der Waals surface area contributed by atoms with Crippen LogP contribution in [-0.2, 0) is 0 Å². The van der Waals surface area contributed by atoms with Gasteiger partial charge in [-0.3, -0.25) is 0 Å². The van der Waals surface area contributed by atoms with Crippen molar-refractivity contribution >= 4 is 0 Å². The smallest absolute Gasteiger partial charge is 0.124 e. The zero-order valence-corrected chi connectivity index (χ0v) is 11.2. The fraction of sp³-hybridized carbons (Fsp3) is 0.625. The lowest BCUT2D eigenvalue weighted by Gasteiger charge is -2.40. The molecule has 1 aliphatic heterocycles. The van der Waals surface area contributed by atoms with E-state index in [2.05, 4.69) is 36.5 Å². The average Bonchev–Trinajstić information content (AvgIpc) is 2.34. The summed E-state index contributed by atoms with van der Waals surface area (Å²) in [4.78, 5) is 0. The van der Waals surface area contributed by atoms with Crippen molar-refractivity contribution in [1.82, 2.24) is 5.32 Å². The quantitative estimate of drug-likeness (QED) is 0.873. The van der Waals surface area contributed by atoms with Gasteiger partial charge in [-0.1, -0.05) is 31.5 Å². The van der Waals surface area contributed by atoms with E-state index in [0.29, 0.717) is 12.1 Å². The summed E-state index contributed by atoms with van der Waals surface area (Å²) in [6.45, 7) is 3.32. The molecule has 98 valence electrons. The molecular formula is C16H23NO. The fourth-order valence-corrected chi connectivity index (χ4v) is 3.06. The highest BCUT2D eigenvalue weighted by Gasteiger charge is 2.35. The minimum absolute atomic E-state index is 0.433. The summed E-state index contributed by atoms with van der Waals surface area (Å²) in [6.07, 6.45) is 6.86. The monoisotopic (exact) mass is 245 g/mol. The number of hydrogen-bond acceptors (Lipinski definition) is 2. The molecule has 1 saturated carbocycles. The molecule has 2 aliphatic rings. The van der Waals surface area contributed by atoms with E-state index < -0.39 is 0 Å². The average molecular weight is 245 g/mol. The Bertz CT molecular complexity index is 400. The molecule has 0 bridgehead atoms. The van der Waals surface area contributed by atoms with Gasteiger partial charge in [0.1, 0.15) is 11.9 Å². The molecule has 2 heteroatoms. The van der Waals surface area contributed by atoms with Crippen LogP contribution in [0, 0.1) is 5.92 Å². The molecule has 3 rings (SSSR count). The predicted octanol–water partition coefficient (Wildman–Crippen LogP) is 3.68. The van der Waals surface area contributed by atoms with Crippen molar-refractivity contribution in [3.8, 4) is 5.75 Å². The molecule has 1 aliphatic carbocycles. The van der Waals surface area contributed by atoms with Gasteiger partial charge in [0.05, 0.1) is 0 Å². The van der Waals surface area contributed by atoms with Crippen LogP contribution in [0.3, 0.4) is 0 Å². The van der Waals surface area contributed by atoms with Gasteiger partial charge in [-0.15, -0.1) is 0 Å². The van der Waals surface area contributed by atoms with E-state index in [-0.39, 0.29) is 0 Å². The van der Waals surface area contributed by atoms with Gasteiger partial charge in [0.25, 0.3) is 0 Å². The summed E-state index contributed by atoms with van der Waals surface area (Å²) in [5, 5.41) is 3.68. The standard InChI is InChI=1S/C16H23NO/c1-2-10-17-14-11-16(12-6-5-7-12)18-15-9-4-3-8-13(14)15/h3-4,8-9,12,14,16-17H,2,5-7,10-11H2,1H3. The van der Waals surface area contributed by atoms with E-state index in [4.69, 9.17) is 4.74 Å². The first-order chi connectivity index (χ1) is 8.88. The Morgan fingerprint density at radius 2 is 2.11 bits per heavy atom. The lowest BCUT2D eigenvalue weighted by molar-refractivity contribution is 0.0531. The number of nitrogens with one attached hydrogen (secondary N) is 1. The van der Waals surface area contributed by atoms with Gasteiger partial charge in [-0.2, -0.15) is 0 Å². The number of fused-ring (bicyclic) bond motifs is 1. The fourth-order valence-electron chi connectivity index (χ4n) is 3.06. The van der Waals surface area contributed by atoms with Crippen molar-refractivity contribution in [3.63, 3.8) is 0 Å². The zero-order chi connectivity index (χ0) is 12.4. The number of ether oxygens (including phenoxy) is 1. The summed E-state index contributed by atoms with van der Waals surface area (Å²) < 4.78 is 6.21. The Balaban J connectivity index is 1.78. The molecule has 0 spiro atoms. The third-order valence-electron chi connectivity index (χ3n) is 4.36. The minimum atomic E-state index is 0.433. The molecule has 1 aromatic rings. The second kappa shape index (κ2) is 5.31. The minimum Gasteiger partial charge on any atom is -0.490 e. The van der Waals surface area contributed by atoms with Gasteiger partial charge >= 0.3 is 0 Å². The zero-order valence-electron chi connectivity index (χ0n) is 11.2. The maximum Gasteiger partial charge on any atom is 0.124 e. The molecule has 2 atom stereocenters. The molecular weight excluding hydrogens is 222 g/mol. The molecule has 0 aromatic heterocycles. The highest BCUT2D eigenvalue weighted by Crippen LogP contribution is 2.41. The van der Waals surface area contributed by atoms with E-state index in [1.807, 2.05) is 0 Å². The number of benzene rings is 1. The van der Waals surface area contributed by atoms with Crippen LogP contribution in [0.15, 0.2) is 24.3 Å². The van der Waals surface area contributed by atoms with E-state index in [0.717, 1.165) is 24.6 Å². The molecule has 2 unspecified atom stereocenters. The molecule has 0 saturated heterocycles. The van der Waals surface area contributed by atoms with Crippen molar-refractivity contribution in [1.29, 1.82) is 0 Å². The lowest BCUT2D eigenvalue weighted by atomic mass is 9.77. The SMILES string of the molecule is CCCNC1CC(C2CCC2)Oc2ccccc21. The summed E-state index contributed by atoms with van der Waals surface area (Å²) in [7, 11) is 0. The first-order valence-electron chi connectivity index (χ1n) is 7.37. The Kier molecular flexibility index (Phi) is 3.55. The van der Waals surface area contributed by atoms with E-state index in [9.17, 15) is 0 Å². The van der Waals surface area contributed by atoms with Gasteiger partial charge in [0.15, 0.2) is 0 Å². The molecule has 0 radical (unpaired) electrons. The first kappa shape index (κ1) is 12.0. The van der Waals surface area contributed by atoms with Crippen LogP contribution < -0.4 is 10.1 Å². The van der Waals surface area contributed by atoms with Crippen molar-refractivity contribution < 1.29 is 4.74 Å². The second-order valence-corrected chi connectivity index (χ2v) is 5.63. The van der Waals surface area contributed by atoms with Crippen LogP contribution in [0.25, 0.3) is 0 Å². The third kappa shape index (κ3) is 2.26. The van der Waals surface area contributed by atoms with Gasteiger partial charge in [0.2, 0.25) is 0 Å². The van der Waals surface area contributed by atoms with Crippen LogP contribution >= 0.6 is 0 Å². The second-order valence-electron chi connectivity index (χ2n) is 5.63. The van der Waals surface area contributed by atoms with Crippen molar-refractivity contribution in [2.75, 3.05) is 6.54 Å². The van der Waals surface area contributed by atoms with Crippen LogP contribution in [0.1, 0.15) is 50.6 Å². The highest BCUT2D eigenvalue weighted by molar-refractivity contribution is 5.38. The van der Waals surface area contributed by atoms with Crippen molar-refractivity contribution in [2.45, 2.75) is 51.2 Å². The molecule has 1 heterocycles. The maximum atomic E-state index is 6.21. The molecule has 1 fully saturated rings. The van der Waals surface area contributed by atoms with E-state index in [1.165, 1.54) is 31.2 Å². The van der Waals surface area contributed by atoms with Crippen LogP contribution in [0.5, 0.6) is 5.75 Å². The first-order valence-corrected chi connectivity index (χ1v) is 7.37. The van der Waals surface area contributed by atoms with Gasteiger partial charge < -0.3 is 10.1 Å². The normalized spacial score (nSPS) is 27.2. The summed E-state index contributed by atoms with van der Waals surface area (Å²) >= 11 is 0. The number of hydrogen-bond donors (Lipinski definition) is 1. The Morgan fingerprint density at radius 1 is 1.28 bits per heavy atom. The third-order valence-corrected chi connectivity index (χ3v) is 4.36. The molecule has 2 nitrogen and oxygen atoms in total. The van der Waals surface area contributed by atoms with Crippen molar-refractivity contribution in [2.24, 2.45) is 5.92 Å². The van der Waals surface area contributed by atoms with Crippen LogP contribution in [0.2, 0.25) is 0 Å². The maximum absolute atomic E-state index is 6.21. The molecule has 1 aromatic carbocycles. The van der Waals surface area contributed by atoms with Crippen LogP contribution in [0.4, 0.5) is 0 Å². The largest absolute Gasteiger partial charge is 0.490 e. The lowest BCUT2D eigenvalue weighted by Crippen LogP contribution is -2.39. The topological polar surface area (TPSA) is 21.3 Å². The summed E-state index contributed by atoms with van der Waals surface area (Å²) in [5.74, 6) is 1.90. The van der Waals surface area contributed by atoms with E-state index >= 15 is 0 Å². The van der Waals surface area contributed by atoms with Crippen LogP contribution in [-0.4, -0.2) is 12.6 Å². The Labute approximate surface area is 110 Å².